The van der Waals surface area contributed by atoms with Crippen LogP contribution in [-0.4, -0.2) is 60.4 Å². The molecule has 116 valence electrons. The number of nitrogens with zero attached hydrogens (tertiary/aromatic N) is 2. The Balaban J connectivity index is 1.46. The lowest BCUT2D eigenvalue weighted by atomic mass is 10.2. The molecule has 0 unspecified atom stereocenters. The SMILES string of the molecule is COCCN(CCNC(=O)c1n[nH]c2c1CCC2)C1CC1. The summed E-state index contributed by atoms with van der Waals surface area (Å²) in [5.41, 5.74) is 2.85. The van der Waals surface area contributed by atoms with Gasteiger partial charge in [0.15, 0.2) is 5.69 Å². The Morgan fingerprint density at radius 3 is 3.05 bits per heavy atom. The summed E-state index contributed by atoms with van der Waals surface area (Å²) in [5.74, 6) is -0.0445. The van der Waals surface area contributed by atoms with Gasteiger partial charge in [0.2, 0.25) is 0 Å². The topological polar surface area (TPSA) is 70.2 Å². The van der Waals surface area contributed by atoms with Crippen molar-refractivity contribution in [3.05, 3.63) is 17.0 Å². The summed E-state index contributed by atoms with van der Waals surface area (Å²) < 4.78 is 5.14. The molecule has 1 heterocycles. The smallest absolute Gasteiger partial charge is 0.272 e. The van der Waals surface area contributed by atoms with E-state index in [1.54, 1.807) is 7.11 Å². The highest BCUT2D eigenvalue weighted by Crippen LogP contribution is 2.26. The monoisotopic (exact) mass is 292 g/mol. The first-order valence-corrected chi connectivity index (χ1v) is 7.87. The molecule has 21 heavy (non-hydrogen) atoms. The minimum absolute atomic E-state index is 0.0445. The van der Waals surface area contributed by atoms with Gasteiger partial charge in [0.1, 0.15) is 0 Å². The average Bonchev–Trinajstić information content (AvgIpc) is 3.07. The highest BCUT2D eigenvalue weighted by molar-refractivity contribution is 5.94. The number of carbonyl (C=O) groups is 1. The summed E-state index contributed by atoms with van der Waals surface area (Å²) in [5, 5.41) is 10.1. The fourth-order valence-electron chi connectivity index (χ4n) is 3.03. The van der Waals surface area contributed by atoms with Gasteiger partial charge in [0.25, 0.3) is 5.91 Å². The Morgan fingerprint density at radius 2 is 2.29 bits per heavy atom. The van der Waals surface area contributed by atoms with E-state index in [0.717, 1.165) is 50.2 Å². The van der Waals surface area contributed by atoms with E-state index < -0.39 is 0 Å². The number of rotatable bonds is 8. The molecule has 0 spiro atoms. The summed E-state index contributed by atoms with van der Waals surface area (Å²) in [6, 6.07) is 0.687. The summed E-state index contributed by atoms with van der Waals surface area (Å²) >= 11 is 0. The number of H-pyrrole nitrogens is 1. The van der Waals surface area contributed by atoms with Crippen LogP contribution in [0.3, 0.4) is 0 Å². The van der Waals surface area contributed by atoms with Gasteiger partial charge in [-0.25, -0.2) is 0 Å². The summed E-state index contributed by atoms with van der Waals surface area (Å²) in [4.78, 5) is 14.6. The van der Waals surface area contributed by atoms with Crippen LogP contribution in [0.25, 0.3) is 0 Å². The van der Waals surface area contributed by atoms with Gasteiger partial charge >= 0.3 is 0 Å². The van der Waals surface area contributed by atoms with E-state index in [-0.39, 0.29) is 5.91 Å². The molecule has 0 aromatic carbocycles. The second-order valence-electron chi connectivity index (χ2n) is 5.90. The van der Waals surface area contributed by atoms with Gasteiger partial charge in [-0.1, -0.05) is 0 Å². The number of hydrogen-bond donors (Lipinski definition) is 2. The van der Waals surface area contributed by atoms with Gasteiger partial charge in [-0.05, 0) is 32.1 Å². The number of aromatic nitrogens is 2. The first kappa shape index (κ1) is 14.5. The molecule has 2 aliphatic rings. The van der Waals surface area contributed by atoms with Crippen molar-refractivity contribution in [2.24, 2.45) is 0 Å². The maximum atomic E-state index is 12.2. The van der Waals surface area contributed by atoms with E-state index in [1.165, 1.54) is 12.8 Å². The van der Waals surface area contributed by atoms with Gasteiger partial charge in [0, 0.05) is 44.0 Å². The predicted molar refractivity (Wildman–Crippen MR) is 79.4 cm³/mol. The fraction of sp³-hybridized carbons (Fsp3) is 0.733. The number of carbonyl (C=O) groups excluding carboxylic acids is 1. The van der Waals surface area contributed by atoms with Crippen LogP contribution in [0.15, 0.2) is 0 Å². The lowest BCUT2D eigenvalue weighted by Gasteiger charge is -2.21. The molecule has 0 bridgehead atoms. The van der Waals surface area contributed by atoms with Gasteiger partial charge in [-0.15, -0.1) is 0 Å². The highest BCUT2D eigenvalue weighted by Gasteiger charge is 2.28. The molecule has 1 saturated carbocycles. The van der Waals surface area contributed by atoms with Gasteiger partial charge in [0.05, 0.1) is 6.61 Å². The molecule has 2 aliphatic carbocycles. The number of methoxy groups -OCH3 is 1. The molecule has 1 fully saturated rings. The van der Waals surface area contributed by atoms with Gasteiger partial charge in [-0.2, -0.15) is 5.10 Å². The van der Waals surface area contributed by atoms with Gasteiger partial charge in [-0.3, -0.25) is 14.8 Å². The molecule has 6 nitrogen and oxygen atoms in total. The second-order valence-corrected chi connectivity index (χ2v) is 5.90. The van der Waals surface area contributed by atoms with E-state index in [2.05, 4.69) is 20.4 Å². The summed E-state index contributed by atoms with van der Waals surface area (Å²) in [6.45, 7) is 3.24. The predicted octanol–water partition coefficient (Wildman–Crippen LogP) is 0.739. The molecule has 1 aromatic heterocycles. The normalized spacial score (nSPS) is 17.2. The number of ether oxygens (including phenoxy) is 1. The maximum Gasteiger partial charge on any atom is 0.272 e. The third kappa shape index (κ3) is 3.44. The largest absolute Gasteiger partial charge is 0.383 e. The zero-order valence-electron chi connectivity index (χ0n) is 12.7. The van der Waals surface area contributed by atoms with Crippen molar-refractivity contribution in [1.82, 2.24) is 20.4 Å². The third-order valence-corrected chi connectivity index (χ3v) is 4.35. The van der Waals surface area contributed by atoms with Crippen LogP contribution in [0.5, 0.6) is 0 Å². The molecule has 0 radical (unpaired) electrons. The Bertz CT molecular complexity index is 496. The van der Waals surface area contributed by atoms with Crippen LogP contribution in [0, 0.1) is 0 Å². The third-order valence-electron chi connectivity index (χ3n) is 4.35. The van der Waals surface area contributed by atoms with E-state index in [4.69, 9.17) is 4.74 Å². The van der Waals surface area contributed by atoms with Crippen LogP contribution in [0.4, 0.5) is 0 Å². The average molecular weight is 292 g/mol. The molecule has 0 saturated heterocycles. The van der Waals surface area contributed by atoms with Crippen molar-refractivity contribution in [3.8, 4) is 0 Å². The molecule has 0 atom stereocenters. The number of hydrogen-bond acceptors (Lipinski definition) is 4. The van der Waals surface area contributed by atoms with Crippen LogP contribution in [0.2, 0.25) is 0 Å². The van der Waals surface area contributed by atoms with Crippen molar-refractivity contribution < 1.29 is 9.53 Å². The Labute approximate surface area is 125 Å². The zero-order valence-corrected chi connectivity index (χ0v) is 12.7. The fourth-order valence-corrected chi connectivity index (χ4v) is 3.03. The van der Waals surface area contributed by atoms with Crippen molar-refractivity contribution in [1.29, 1.82) is 0 Å². The lowest BCUT2D eigenvalue weighted by Crippen LogP contribution is -2.38. The Hall–Kier alpha value is -1.40. The number of aromatic amines is 1. The maximum absolute atomic E-state index is 12.2. The summed E-state index contributed by atoms with van der Waals surface area (Å²) in [7, 11) is 1.73. The van der Waals surface area contributed by atoms with Gasteiger partial charge < -0.3 is 10.1 Å². The minimum Gasteiger partial charge on any atom is -0.383 e. The van der Waals surface area contributed by atoms with E-state index in [1.807, 2.05) is 0 Å². The summed E-state index contributed by atoms with van der Waals surface area (Å²) in [6.07, 6.45) is 5.64. The molecule has 1 amide bonds. The zero-order chi connectivity index (χ0) is 14.7. The Kier molecular flexibility index (Phi) is 4.55. The number of aryl methyl sites for hydroxylation is 1. The van der Waals surface area contributed by atoms with Crippen molar-refractivity contribution in [3.63, 3.8) is 0 Å². The van der Waals surface area contributed by atoms with Crippen LogP contribution >= 0.6 is 0 Å². The number of fused-ring (bicyclic) bond motifs is 1. The lowest BCUT2D eigenvalue weighted by molar-refractivity contribution is 0.0936. The molecule has 0 aliphatic heterocycles. The number of nitrogens with one attached hydrogen (secondary N) is 2. The van der Waals surface area contributed by atoms with Crippen LogP contribution < -0.4 is 5.32 Å². The van der Waals surface area contributed by atoms with Crippen molar-refractivity contribution >= 4 is 5.91 Å². The first-order chi connectivity index (χ1) is 10.3. The quantitative estimate of drug-likeness (QED) is 0.741. The molecule has 6 heteroatoms. The minimum atomic E-state index is -0.0445. The standard InChI is InChI=1S/C15H24N4O2/c1-21-10-9-19(11-5-6-11)8-7-16-15(20)14-12-3-2-4-13(12)17-18-14/h11H,2-10H2,1H3,(H,16,20)(H,17,18). The molecular formula is C15H24N4O2. The first-order valence-electron chi connectivity index (χ1n) is 7.87. The molecule has 2 N–H and O–H groups in total. The Morgan fingerprint density at radius 1 is 1.43 bits per heavy atom. The second kappa shape index (κ2) is 6.58. The van der Waals surface area contributed by atoms with Crippen LogP contribution in [0.1, 0.15) is 41.0 Å². The molecule has 3 rings (SSSR count). The highest BCUT2D eigenvalue weighted by atomic mass is 16.5. The van der Waals surface area contributed by atoms with E-state index in [0.29, 0.717) is 18.3 Å². The van der Waals surface area contributed by atoms with Crippen molar-refractivity contribution in [2.75, 3.05) is 33.4 Å². The molecular weight excluding hydrogens is 268 g/mol. The molecule has 1 aromatic rings. The van der Waals surface area contributed by atoms with Crippen LogP contribution in [-0.2, 0) is 17.6 Å². The number of amides is 1. The van der Waals surface area contributed by atoms with Crippen molar-refractivity contribution in [2.45, 2.75) is 38.1 Å². The van der Waals surface area contributed by atoms with E-state index in [9.17, 15) is 4.79 Å². The van der Waals surface area contributed by atoms with E-state index >= 15 is 0 Å².